The minimum atomic E-state index is -0.0743. The van der Waals surface area contributed by atoms with Gasteiger partial charge in [-0.1, -0.05) is 11.2 Å². The van der Waals surface area contributed by atoms with Crippen molar-refractivity contribution in [2.75, 3.05) is 18.0 Å². The molecule has 3 aromatic heterocycles. The summed E-state index contributed by atoms with van der Waals surface area (Å²) in [7, 11) is 0. The number of aromatic nitrogens is 4. The lowest BCUT2D eigenvalue weighted by Gasteiger charge is -2.32. The van der Waals surface area contributed by atoms with E-state index in [1.54, 1.807) is 25.4 Å². The number of carbonyl (C=O) groups is 1. The third-order valence-electron chi connectivity index (χ3n) is 4.55. The number of Topliss-reactive ketones (excluding diaryl/α,β-unsaturated/α-hetero) is 1. The predicted molar refractivity (Wildman–Crippen MR) is 95.8 cm³/mol. The molecule has 132 valence electrons. The SMILES string of the molecule is Cc1noc(-c2ccnc(N3CCCC(C(=O)c4ccccn4)C3)c2)n1. The fourth-order valence-corrected chi connectivity index (χ4v) is 3.26. The van der Waals surface area contributed by atoms with E-state index >= 15 is 0 Å². The second-order valence-electron chi connectivity index (χ2n) is 6.41. The fourth-order valence-electron chi connectivity index (χ4n) is 3.26. The Hall–Kier alpha value is -3.09. The number of carbonyl (C=O) groups excluding carboxylic acids is 1. The Kier molecular flexibility index (Phi) is 4.43. The van der Waals surface area contributed by atoms with Gasteiger partial charge in [0.15, 0.2) is 11.6 Å². The van der Waals surface area contributed by atoms with E-state index in [2.05, 4.69) is 25.0 Å². The Balaban J connectivity index is 1.54. The van der Waals surface area contributed by atoms with Crippen LogP contribution in [0.2, 0.25) is 0 Å². The van der Waals surface area contributed by atoms with Crippen LogP contribution in [0, 0.1) is 12.8 Å². The van der Waals surface area contributed by atoms with Crippen molar-refractivity contribution in [3.05, 3.63) is 54.2 Å². The quantitative estimate of drug-likeness (QED) is 0.669. The zero-order chi connectivity index (χ0) is 17.9. The molecule has 26 heavy (non-hydrogen) atoms. The highest BCUT2D eigenvalue weighted by Crippen LogP contribution is 2.27. The van der Waals surface area contributed by atoms with Gasteiger partial charge in [0.25, 0.3) is 5.89 Å². The highest BCUT2D eigenvalue weighted by Gasteiger charge is 2.28. The molecule has 1 atom stereocenters. The maximum atomic E-state index is 12.7. The monoisotopic (exact) mass is 349 g/mol. The molecular formula is C19H19N5O2. The minimum Gasteiger partial charge on any atom is -0.356 e. The normalized spacial score (nSPS) is 17.3. The van der Waals surface area contributed by atoms with E-state index in [0.717, 1.165) is 30.8 Å². The van der Waals surface area contributed by atoms with Crippen LogP contribution >= 0.6 is 0 Å². The van der Waals surface area contributed by atoms with Gasteiger partial charge in [-0.05, 0) is 44.0 Å². The lowest BCUT2D eigenvalue weighted by atomic mass is 9.92. The van der Waals surface area contributed by atoms with Crippen LogP contribution in [0.1, 0.15) is 29.2 Å². The zero-order valence-electron chi connectivity index (χ0n) is 14.5. The molecule has 4 rings (SSSR count). The van der Waals surface area contributed by atoms with E-state index in [9.17, 15) is 4.79 Å². The van der Waals surface area contributed by atoms with Gasteiger partial charge in [-0.2, -0.15) is 4.98 Å². The topological polar surface area (TPSA) is 85.0 Å². The van der Waals surface area contributed by atoms with Gasteiger partial charge < -0.3 is 9.42 Å². The lowest BCUT2D eigenvalue weighted by molar-refractivity contribution is 0.0902. The van der Waals surface area contributed by atoms with Crippen LogP contribution in [0.4, 0.5) is 5.82 Å². The van der Waals surface area contributed by atoms with Crippen molar-refractivity contribution in [3.63, 3.8) is 0 Å². The second kappa shape index (κ2) is 7.03. The van der Waals surface area contributed by atoms with Gasteiger partial charge >= 0.3 is 0 Å². The maximum Gasteiger partial charge on any atom is 0.258 e. The van der Waals surface area contributed by atoms with Crippen molar-refractivity contribution < 1.29 is 9.32 Å². The third-order valence-corrected chi connectivity index (χ3v) is 4.55. The van der Waals surface area contributed by atoms with E-state index in [1.165, 1.54) is 0 Å². The number of anilines is 1. The van der Waals surface area contributed by atoms with Crippen molar-refractivity contribution in [3.8, 4) is 11.5 Å². The van der Waals surface area contributed by atoms with Crippen LogP contribution in [0.25, 0.3) is 11.5 Å². The Labute approximate surface area is 151 Å². The van der Waals surface area contributed by atoms with E-state index in [0.29, 0.717) is 24.0 Å². The molecule has 4 heterocycles. The number of piperidine rings is 1. The molecule has 0 saturated carbocycles. The van der Waals surface area contributed by atoms with Gasteiger partial charge in [-0.15, -0.1) is 0 Å². The molecule has 1 unspecified atom stereocenters. The van der Waals surface area contributed by atoms with Crippen molar-refractivity contribution >= 4 is 11.6 Å². The number of rotatable bonds is 4. The summed E-state index contributed by atoms with van der Waals surface area (Å²) in [5.74, 6) is 1.91. The summed E-state index contributed by atoms with van der Waals surface area (Å²) in [5.41, 5.74) is 1.36. The molecule has 1 saturated heterocycles. The molecule has 1 aliphatic heterocycles. The predicted octanol–water partition coefficient (Wildman–Crippen LogP) is 2.93. The Bertz CT molecular complexity index is 909. The summed E-state index contributed by atoms with van der Waals surface area (Å²) in [6, 6.07) is 9.21. The van der Waals surface area contributed by atoms with Crippen molar-refractivity contribution in [2.45, 2.75) is 19.8 Å². The number of hydrogen-bond acceptors (Lipinski definition) is 7. The average molecular weight is 349 g/mol. The molecule has 0 radical (unpaired) electrons. The molecule has 0 spiro atoms. The van der Waals surface area contributed by atoms with Gasteiger partial charge in [0.05, 0.1) is 0 Å². The summed E-state index contributed by atoms with van der Waals surface area (Å²) in [6.07, 6.45) is 5.20. The first kappa shape index (κ1) is 16.4. The van der Waals surface area contributed by atoms with Crippen LogP contribution in [-0.2, 0) is 0 Å². The molecule has 0 aromatic carbocycles. The molecule has 1 aliphatic rings. The second-order valence-corrected chi connectivity index (χ2v) is 6.41. The summed E-state index contributed by atoms with van der Waals surface area (Å²) in [6.45, 7) is 3.29. The van der Waals surface area contributed by atoms with Gasteiger partial charge in [0, 0.05) is 37.0 Å². The maximum absolute atomic E-state index is 12.7. The van der Waals surface area contributed by atoms with Crippen molar-refractivity contribution in [1.29, 1.82) is 0 Å². The lowest BCUT2D eigenvalue weighted by Crippen LogP contribution is -2.39. The van der Waals surface area contributed by atoms with Gasteiger partial charge in [-0.3, -0.25) is 9.78 Å². The van der Waals surface area contributed by atoms with Crippen LogP contribution in [0.15, 0.2) is 47.2 Å². The highest BCUT2D eigenvalue weighted by atomic mass is 16.5. The van der Waals surface area contributed by atoms with Crippen molar-refractivity contribution in [2.24, 2.45) is 5.92 Å². The average Bonchev–Trinajstić information content (AvgIpc) is 3.15. The van der Waals surface area contributed by atoms with E-state index in [-0.39, 0.29) is 11.7 Å². The highest BCUT2D eigenvalue weighted by molar-refractivity contribution is 5.96. The smallest absolute Gasteiger partial charge is 0.258 e. The third kappa shape index (κ3) is 3.33. The number of pyridine rings is 2. The van der Waals surface area contributed by atoms with Crippen LogP contribution in [0.5, 0.6) is 0 Å². The first-order valence-corrected chi connectivity index (χ1v) is 8.67. The molecule has 7 nitrogen and oxygen atoms in total. The molecule has 1 fully saturated rings. The largest absolute Gasteiger partial charge is 0.356 e. The first-order chi connectivity index (χ1) is 12.7. The first-order valence-electron chi connectivity index (χ1n) is 8.67. The Morgan fingerprint density at radius 3 is 2.92 bits per heavy atom. The molecule has 3 aromatic rings. The zero-order valence-corrected chi connectivity index (χ0v) is 14.5. The summed E-state index contributed by atoms with van der Waals surface area (Å²) in [5, 5.41) is 3.83. The summed E-state index contributed by atoms with van der Waals surface area (Å²) < 4.78 is 5.24. The van der Waals surface area contributed by atoms with Gasteiger partial charge in [0.1, 0.15) is 11.5 Å². The minimum absolute atomic E-state index is 0.0743. The standard InChI is InChI=1S/C19H19N5O2/c1-13-22-19(26-23-13)14-7-9-21-17(11-14)24-10-4-5-15(12-24)18(25)16-6-2-3-8-20-16/h2-3,6-9,11,15H,4-5,10,12H2,1H3. The van der Waals surface area contributed by atoms with Crippen LogP contribution < -0.4 is 4.90 Å². The molecule has 0 bridgehead atoms. The summed E-state index contributed by atoms with van der Waals surface area (Å²) in [4.78, 5) is 27.8. The van der Waals surface area contributed by atoms with Gasteiger partial charge in [-0.25, -0.2) is 4.98 Å². The number of nitrogens with zero attached hydrogens (tertiary/aromatic N) is 5. The molecular weight excluding hydrogens is 330 g/mol. The van der Waals surface area contributed by atoms with Crippen LogP contribution in [0.3, 0.4) is 0 Å². The Morgan fingerprint density at radius 2 is 2.15 bits per heavy atom. The number of hydrogen-bond donors (Lipinski definition) is 0. The van der Waals surface area contributed by atoms with Gasteiger partial charge in [0.2, 0.25) is 0 Å². The van der Waals surface area contributed by atoms with E-state index < -0.39 is 0 Å². The van der Waals surface area contributed by atoms with Crippen molar-refractivity contribution in [1.82, 2.24) is 20.1 Å². The Morgan fingerprint density at radius 1 is 1.23 bits per heavy atom. The number of aryl methyl sites for hydroxylation is 1. The van der Waals surface area contributed by atoms with E-state index in [1.807, 2.05) is 24.3 Å². The van der Waals surface area contributed by atoms with Crippen LogP contribution in [-0.4, -0.2) is 39.0 Å². The molecule has 0 aliphatic carbocycles. The van der Waals surface area contributed by atoms with E-state index in [4.69, 9.17) is 4.52 Å². The molecule has 0 N–H and O–H groups in total. The molecule has 0 amide bonds. The molecule has 7 heteroatoms. The fraction of sp³-hybridized carbons (Fsp3) is 0.316. The summed E-state index contributed by atoms with van der Waals surface area (Å²) >= 11 is 0. The number of ketones is 1.